The third-order valence-electron chi connectivity index (χ3n) is 3.67. The molecule has 0 N–H and O–H groups in total. The molecule has 0 aromatic rings. The molecule has 88 valence electrons. The van der Waals surface area contributed by atoms with Crippen LogP contribution in [0.5, 0.6) is 0 Å². The molecule has 0 radical (unpaired) electrons. The summed E-state index contributed by atoms with van der Waals surface area (Å²) in [6, 6.07) is 0. The minimum absolute atomic E-state index is 0.0290. The average Bonchev–Trinajstić information content (AvgIpc) is 2.55. The van der Waals surface area contributed by atoms with Gasteiger partial charge in [0.05, 0.1) is 5.41 Å². The third kappa shape index (κ3) is 2.33. The number of amides is 1. The molecule has 0 aromatic heterocycles. The quantitative estimate of drug-likeness (QED) is 0.609. The number of carbonyl (C=O) groups is 1. The molecule has 2 aliphatic heterocycles. The van der Waals surface area contributed by atoms with E-state index in [2.05, 4.69) is 11.9 Å². The van der Waals surface area contributed by atoms with Crippen molar-refractivity contribution < 1.29 is 4.79 Å². The van der Waals surface area contributed by atoms with E-state index in [9.17, 15) is 4.79 Å². The zero-order valence-electron chi connectivity index (χ0n) is 10.5. The lowest BCUT2D eigenvalue weighted by atomic mass is 9.77. The number of carbonyl (C=O) groups excluding carboxylic acids is 1. The molecule has 3 nitrogen and oxygen atoms in total. The highest BCUT2D eigenvalue weighted by Crippen LogP contribution is 2.40. The summed E-state index contributed by atoms with van der Waals surface area (Å²) >= 11 is 0. The van der Waals surface area contributed by atoms with E-state index in [-0.39, 0.29) is 5.41 Å². The van der Waals surface area contributed by atoms with Crippen LogP contribution in [0.15, 0.2) is 0 Å². The molecule has 2 heterocycles. The Morgan fingerprint density at radius 3 is 1.87 bits per heavy atom. The lowest BCUT2D eigenvalue weighted by Gasteiger charge is -2.35. The molecule has 0 aliphatic carbocycles. The molecule has 1 spiro atoms. The van der Waals surface area contributed by atoms with Gasteiger partial charge < -0.3 is 9.80 Å². The minimum Gasteiger partial charge on any atom is -0.345 e. The van der Waals surface area contributed by atoms with E-state index in [0.717, 1.165) is 38.9 Å². The van der Waals surface area contributed by atoms with Gasteiger partial charge in [-0.3, -0.25) is 4.79 Å². The molecule has 2 fully saturated rings. The first-order chi connectivity index (χ1) is 7.14. The van der Waals surface area contributed by atoms with Crippen molar-refractivity contribution in [3.05, 3.63) is 0 Å². The van der Waals surface area contributed by atoms with Crippen LogP contribution in [-0.2, 0) is 4.79 Å². The molecule has 1 amide bonds. The van der Waals surface area contributed by atoms with Crippen molar-refractivity contribution in [2.45, 2.75) is 33.1 Å². The second kappa shape index (κ2) is 4.97. The summed E-state index contributed by atoms with van der Waals surface area (Å²) in [5.74, 6) is 0.389. The Kier molecular flexibility index (Phi) is 4.14. The second-order valence-corrected chi connectivity index (χ2v) is 4.56. The normalized spacial score (nSPS) is 25.3. The maximum Gasteiger partial charge on any atom is 0.228 e. The fourth-order valence-electron chi connectivity index (χ4n) is 2.51. The SMILES string of the molecule is CC.CN1CCC2(CC1)CCN(C)C2=O. The molecule has 0 atom stereocenters. The van der Waals surface area contributed by atoms with E-state index in [4.69, 9.17) is 0 Å². The van der Waals surface area contributed by atoms with Crippen LogP contribution in [0.4, 0.5) is 0 Å². The summed E-state index contributed by atoms with van der Waals surface area (Å²) in [7, 11) is 4.06. The average molecular weight is 212 g/mol. The van der Waals surface area contributed by atoms with Crippen molar-refractivity contribution in [1.29, 1.82) is 0 Å². The highest BCUT2D eigenvalue weighted by molar-refractivity contribution is 5.84. The summed E-state index contributed by atoms with van der Waals surface area (Å²) in [6.45, 7) is 7.13. The van der Waals surface area contributed by atoms with Crippen LogP contribution in [0.2, 0.25) is 0 Å². The van der Waals surface area contributed by atoms with Gasteiger partial charge >= 0.3 is 0 Å². The second-order valence-electron chi connectivity index (χ2n) is 4.56. The van der Waals surface area contributed by atoms with Crippen LogP contribution >= 0.6 is 0 Å². The van der Waals surface area contributed by atoms with E-state index in [1.807, 2.05) is 25.8 Å². The van der Waals surface area contributed by atoms with Crippen LogP contribution in [-0.4, -0.2) is 49.4 Å². The van der Waals surface area contributed by atoms with Crippen LogP contribution in [0.1, 0.15) is 33.1 Å². The fourth-order valence-corrected chi connectivity index (χ4v) is 2.51. The van der Waals surface area contributed by atoms with Crippen molar-refractivity contribution in [3.8, 4) is 0 Å². The van der Waals surface area contributed by atoms with Crippen LogP contribution in [0.3, 0.4) is 0 Å². The Morgan fingerprint density at radius 1 is 1.00 bits per heavy atom. The van der Waals surface area contributed by atoms with Gasteiger partial charge in [0, 0.05) is 13.6 Å². The maximum atomic E-state index is 11.9. The predicted octanol–water partition coefficient (Wildman–Crippen LogP) is 1.59. The van der Waals surface area contributed by atoms with Crippen LogP contribution < -0.4 is 0 Å². The lowest BCUT2D eigenvalue weighted by Crippen LogP contribution is -2.42. The zero-order valence-corrected chi connectivity index (χ0v) is 10.5. The van der Waals surface area contributed by atoms with Gasteiger partial charge in [0.2, 0.25) is 5.91 Å². The van der Waals surface area contributed by atoms with Crippen molar-refractivity contribution in [2.24, 2.45) is 5.41 Å². The first-order valence-electron chi connectivity index (χ1n) is 6.08. The third-order valence-corrected chi connectivity index (χ3v) is 3.67. The molecule has 2 rings (SSSR count). The number of likely N-dealkylation sites (tertiary alicyclic amines) is 2. The number of rotatable bonds is 0. The van der Waals surface area contributed by atoms with Crippen LogP contribution in [0, 0.1) is 5.41 Å². The van der Waals surface area contributed by atoms with E-state index < -0.39 is 0 Å². The lowest BCUT2D eigenvalue weighted by molar-refractivity contribution is -0.137. The largest absolute Gasteiger partial charge is 0.345 e. The first kappa shape index (κ1) is 12.5. The summed E-state index contributed by atoms with van der Waals surface area (Å²) < 4.78 is 0. The molecule has 0 bridgehead atoms. The molecular formula is C12H24N2O. The summed E-state index contributed by atoms with van der Waals surface area (Å²) in [5.41, 5.74) is 0.0290. The smallest absolute Gasteiger partial charge is 0.228 e. The molecule has 15 heavy (non-hydrogen) atoms. The van der Waals surface area contributed by atoms with Gasteiger partial charge in [0.1, 0.15) is 0 Å². The van der Waals surface area contributed by atoms with Gasteiger partial charge in [-0.25, -0.2) is 0 Å². The van der Waals surface area contributed by atoms with Crippen molar-refractivity contribution in [3.63, 3.8) is 0 Å². The monoisotopic (exact) mass is 212 g/mol. The maximum absolute atomic E-state index is 11.9. The first-order valence-corrected chi connectivity index (χ1v) is 6.08. The standard InChI is InChI=1S/C10H18N2O.C2H6/c1-11-6-3-10(4-7-11)5-8-12(2)9(10)13;1-2/h3-8H2,1-2H3;1-2H3. The van der Waals surface area contributed by atoms with E-state index in [1.54, 1.807) is 0 Å². The summed E-state index contributed by atoms with van der Waals surface area (Å²) in [6.07, 6.45) is 3.20. The van der Waals surface area contributed by atoms with Crippen molar-refractivity contribution in [1.82, 2.24) is 9.80 Å². The van der Waals surface area contributed by atoms with Gasteiger partial charge in [-0.2, -0.15) is 0 Å². The molecule has 0 saturated carbocycles. The Hall–Kier alpha value is -0.570. The molecular weight excluding hydrogens is 188 g/mol. The van der Waals surface area contributed by atoms with Crippen molar-refractivity contribution in [2.75, 3.05) is 33.7 Å². The molecule has 2 aliphatic rings. The molecule has 0 aromatic carbocycles. The number of nitrogens with zero attached hydrogens (tertiary/aromatic N) is 2. The Bertz CT molecular complexity index is 220. The molecule has 0 unspecified atom stereocenters. The van der Waals surface area contributed by atoms with Gasteiger partial charge in [-0.05, 0) is 39.4 Å². The van der Waals surface area contributed by atoms with Crippen LogP contribution in [0.25, 0.3) is 0 Å². The van der Waals surface area contributed by atoms with Gasteiger partial charge in [-0.1, -0.05) is 13.8 Å². The Morgan fingerprint density at radius 2 is 1.47 bits per heavy atom. The molecule has 3 heteroatoms. The summed E-state index contributed by atoms with van der Waals surface area (Å²) in [4.78, 5) is 16.1. The van der Waals surface area contributed by atoms with Gasteiger partial charge in [0.15, 0.2) is 0 Å². The zero-order chi connectivity index (χ0) is 11.5. The predicted molar refractivity (Wildman–Crippen MR) is 62.8 cm³/mol. The Labute approximate surface area is 93.4 Å². The summed E-state index contributed by atoms with van der Waals surface area (Å²) in [5, 5.41) is 0. The van der Waals surface area contributed by atoms with E-state index in [1.165, 1.54) is 0 Å². The molecule has 2 saturated heterocycles. The number of piperidine rings is 1. The highest BCUT2D eigenvalue weighted by Gasteiger charge is 2.46. The highest BCUT2D eigenvalue weighted by atomic mass is 16.2. The minimum atomic E-state index is 0.0290. The van der Waals surface area contributed by atoms with Crippen molar-refractivity contribution >= 4 is 5.91 Å². The number of hydrogen-bond acceptors (Lipinski definition) is 2. The van der Waals surface area contributed by atoms with E-state index in [0.29, 0.717) is 5.91 Å². The van der Waals surface area contributed by atoms with Gasteiger partial charge in [0.25, 0.3) is 0 Å². The van der Waals surface area contributed by atoms with E-state index >= 15 is 0 Å². The van der Waals surface area contributed by atoms with Gasteiger partial charge in [-0.15, -0.1) is 0 Å². The topological polar surface area (TPSA) is 23.6 Å². The fraction of sp³-hybridized carbons (Fsp3) is 0.917. The number of hydrogen-bond donors (Lipinski definition) is 0. The Balaban J connectivity index is 0.000000531.